The first-order valence-corrected chi connectivity index (χ1v) is 7.96. The summed E-state index contributed by atoms with van der Waals surface area (Å²) in [5, 5.41) is 2.88. The van der Waals surface area contributed by atoms with Crippen molar-refractivity contribution in [2.24, 2.45) is 0 Å². The Morgan fingerprint density at radius 3 is 2.14 bits per heavy atom. The Morgan fingerprint density at radius 1 is 1.14 bits per heavy atom. The van der Waals surface area contributed by atoms with E-state index < -0.39 is 0 Å². The molecule has 0 saturated heterocycles. The molecule has 2 nitrogen and oxygen atoms in total. The van der Waals surface area contributed by atoms with Gasteiger partial charge in [-0.1, -0.05) is 76.3 Å². The Bertz CT molecular complexity index is 467. The van der Waals surface area contributed by atoms with E-state index >= 15 is 0 Å². The zero-order valence-corrected chi connectivity index (χ0v) is 14.9. The lowest BCUT2D eigenvalue weighted by molar-refractivity contribution is 0.0957. The predicted molar refractivity (Wildman–Crippen MR) is 99.3 cm³/mol. The maximum absolute atomic E-state index is 11.9. The summed E-state index contributed by atoms with van der Waals surface area (Å²) in [4.78, 5) is 11.9. The van der Waals surface area contributed by atoms with Crippen molar-refractivity contribution in [3.63, 3.8) is 0 Å². The highest BCUT2D eigenvalue weighted by molar-refractivity contribution is 5.94. The zero-order chi connectivity index (χ0) is 17.4. The molecule has 1 amide bonds. The van der Waals surface area contributed by atoms with Gasteiger partial charge in [0.1, 0.15) is 0 Å². The Balaban J connectivity index is 0. The molecule has 0 bridgehead atoms. The molecule has 0 unspecified atom stereocenters. The molecule has 0 aromatic heterocycles. The lowest BCUT2D eigenvalue weighted by Crippen LogP contribution is -2.25. The van der Waals surface area contributed by atoms with Crippen molar-refractivity contribution in [3.05, 3.63) is 71.8 Å². The molecule has 1 aromatic carbocycles. The lowest BCUT2D eigenvalue weighted by atomic mass is 10.1. The lowest BCUT2D eigenvalue weighted by Gasteiger charge is -2.06. The van der Waals surface area contributed by atoms with E-state index in [4.69, 9.17) is 0 Å². The van der Waals surface area contributed by atoms with Gasteiger partial charge in [-0.25, -0.2) is 0 Å². The van der Waals surface area contributed by atoms with Crippen molar-refractivity contribution in [3.8, 4) is 0 Å². The number of hydrogen-bond donors (Lipinski definition) is 1. The van der Waals surface area contributed by atoms with E-state index in [0.29, 0.717) is 12.1 Å². The number of hydrogen-bond acceptors (Lipinski definition) is 1. The highest BCUT2D eigenvalue weighted by Gasteiger charge is 2.04. The maximum atomic E-state index is 11.9. The van der Waals surface area contributed by atoms with Crippen LogP contribution >= 0.6 is 0 Å². The molecule has 0 aliphatic heterocycles. The molecule has 2 heteroatoms. The Morgan fingerprint density at radius 2 is 1.68 bits per heavy atom. The molecule has 0 spiro atoms. The number of benzene rings is 1. The van der Waals surface area contributed by atoms with Gasteiger partial charge < -0.3 is 5.32 Å². The highest BCUT2D eigenvalue weighted by atomic mass is 16.1. The Kier molecular flexibility index (Phi) is 15.4. The summed E-state index contributed by atoms with van der Waals surface area (Å²) in [5.74, 6) is -0.0607. The van der Waals surface area contributed by atoms with Crippen LogP contribution in [0.1, 0.15) is 50.5 Å². The first-order chi connectivity index (χ1) is 10.7. The van der Waals surface area contributed by atoms with E-state index in [1.165, 1.54) is 0 Å². The highest BCUT2D eigenvalue weighted by Crippen LogP contribution is 2.03. The van der Waals surface area contributed by atoms with Crippen molar-refractivity contribution in [1.82, 2.24) is 5.32 Å². The number of carbonyl (C=O) groups excluding carboxylic acids is 1. The van der Waals surface area contributed by atoms with E-state index in [9.17, 15) is 4.79 Å². The van der Waals surface area contributed by atoms with Gasteiger partial charge in [-0.15, -0.1) is 0 Å². The third kappa shape index (κ3) is 9.76. The summed E-state index contributed by atoms with van der Waals surface area (Å²) in [7, 11) is 0. The Hall–Kier alpha value is -2.09. The van der Waals surface area contributed by atoms with Crippen LogP contribution in [0, 0.1) is 6.92 Å². The zero-order valence-electron chi connectivity index (χ0n) is 14.9. The summed E-state index contributed by atoms with van der Waals surface area (Å²) >= 11 is 0. The van der Waals surface area contributed by atoms with Gasteiger partial charge >= 0.3 is 0 Å². The molecular formula is C20H31NO. The molecule has 0 aliphatic carbocycles. The number of nitrogens with one attached hydrogen (secondary N) is 1. The summed E-state index contributed by atoms with van der Waals surface area (Å²) in [6.45, 7) is 16.1. The quantitative estimate of drug-likeness (QED) is 0.718. The van der Waals surface area contributed by atoms with Gasteiger partial charge in [-0.05, 0) is 31.6 Å². The molecule has 0 radical (unpaired) electrons. The van der Waals surface area contributed by atoms with Gasteiger partial charge in [0.25, 0.3) is 5.91 Å². The van der Waals surface area contributed by atoms with Crippen LogP contribution in [0.4, 0.5) is 0 Å². The molecule has 0 atom stereocenters. The van der Waals surface area contributed by atoms with E-state index in [-0.39, 0.29) is 5.91 Å². The van der Waals surface area contributed by atoms with Crippen molar-refractivity contribution < 1.29 is 4.79 Å². The average Bonchev–Trinajstić information content (AvgIpc) is 2.57. The minimum atomic E-state index is -0.0607. The summed E-state index contributed by atoms with van der Waals surface area (Å²) in [6, 6.07) is 7.52. The van der Waals surface area contributed by atoms with Crippen LogP contribution in [0.2, 0.25) is 0 Å². The molecule has 1 aromatic rings. The molecular weight excluding hydrogens is 270 g/mol. The number of carbonyl (C=O) groups is 1. The minimum Gasteiger partial charge on any atom is -0.348 e. The fraction of sp³-hybridized carbons (Fsp3) is 0.350. The number of amides is 1. The van der Waals surface area contributed by atoms with Gasteiger partial charge in [0.05, 0.1) is 0 Å². The average molecular weight is 301 g/mol. The monoisotopic (exact) mass is 301 g/mol. The fourth-order valence-corrected chi connectivity index (χ4v) is 1.53. The van der Waals surface area contributed by atoms with Gasteiger partial charge in [-0.3, -0.25) is 4.79 Å². The van der Waals surface area contributed by atoms with Gasteiger partial charge in [0.2, 0.25) is 0 Å². The topological polar surface area (TPSA) is 29.1 Å². The maximum Gasteiger partial charge on any atom is 0.251 e. The second-order valence-electron chi connectivity index (χ2n) is 4.03. The second-order valence-corrected chi connectivity index (χ2v) is 4.03. The largest absolute Gasteiger partial charge is 0.348 e. The SMILES string of the molecule is C=C/C=C(\C=C/C)CNC(=O)c1ccc(C)cc1.CC.CC. The molecule has 1 rings (SSSR count). The fourth-order valence-electron chi connectivity index (χ4n) is 1.53. The van der Waals surface area contributed by atoms with Crippen LogP contribution in [-0.4, -0.2) is 12.5 Å². The third-order valence-corrected chi connectivity index (χ3v) is 2.48. The van der Waals surface area contributed by atoms with Crippen LogP contribution < -0.4 is 5.32 Å². The van der Waals surface area contributed by atoms with Gasteiger partial charge in [0, 0.05) is 12.1 Å². The molecule has 122 valence electrons. The first kappa shape index (κ1) is 22.2. The second kappa shape index (κ2) is 15.3. The van der Waals surface area contributed by atoms with E-state index in [2.05, 4.69) is 11.9 Å². The molecule has 0 aliphatic rings. The number of aryl methyl sites for hydroxylation is 1. The van der Waals surface area contributed by atoms with Gasteiger partial charge in [0.15, 0.2) is 0 Å². The predicted octanol–water partition coefficient (Wildman–Crippen LogP) is 5.47. The van der Waals surface area contributed by atoms with Gasteiger partial charge in [-0.2, -0.15) is 0 Å². The first-order valence-electron chi connectivity index (χ1n) is 7.96. The van der Waals surface area contributed by atoms with Crippen LogP contribution in [0.3, 0.4) is 0 Å². The summed E-state index contributed by atoms with van der Waals surface area (Å²) in [6.07, 6.45) is 7.49. The van der Waals surface area contributed by atoms with E-state index in [1.54, 1.807) is 6.08 Å². The summed E-state index contributed by atoms with van der Waals surface area (Å²) < 4.78 is 0. The third-order valence-electron chi connectivity index (χ3n) is 2.48. The van der Waals surface area contributed by atoms with E-state index in [1.807, 2.05) is 84.0 Å². The smallest absolute Gasteiger partial charge is 0.251 e. The molecule has 0 saturated carbocycles. The van der Waals surface area contributed by atoms with Crippen LogP contribution in [-0.2, 0) is 0 Å². The number of allylic oxidation sites excluding steroid dienone is 3. The van der Waals surface area contributed by atoms with Crippen molar-refractivity contribution >= 4 is 5.91 Å². The number of rotatable bonds is 5. The summed E-state index contributed by atoms with van der Waals surface area (Å²) in [5.41, 5.74) is 2.85. The normalized spacial score (nSPS) is 10.0. The van der Waals surface area contributed by atoms with Crippen LogP contribution in [0.5, 0.6) is 0 Å². The van der Waals surface area contributed by atoms with Crippen molar-refractivity contribution in [2.75, 3.05) is 6.54 Å². The van der Waals surface area contributed by atoms with Crippen LogP contribution in [0.15, 0.2) is 60.7 Å². The molecule has 0 fully saturated rings. The Labute approximate surface area is 136 Å². The molecule has 22 heavy (non-hydrogen) atoms. The van der Waals surface area contributed by atoms with Crippen LogP contribution in [0.25, 0.3) is 0 Å². The molecule has 0 heterocycles. The van der Waals surface area contributed by atoms with Crippen molar-refractivity contribution in [2.45, 2.75) is 41.5 Å². The van der Waals surface area contributed by atoms with Crippen molar-refractivity contribution in [1.29, 1.82) is 0 Å². The standard InChI is InChI=1S/C16H19NO.2C2H6/c1-4-6-14(7-5-2)12-17-16(18)15-10-8-13(3)9-11-15;2*1-2/h4-11H,1,12H2,2-3H3,(H,17,18);2*1-2H3/b7-5-,14-6+;;. The molecule has 1 N–H and O–H groups in total. The van der Waals surface area contributed by atoms with E-state index in [0.717, 1.165) is 11.1 Å². The minimum absolute atomic E-state index is 0.0607.